The minimum atomic E-state index is -0.916. The zero-order valence-corrected chi connectivity index (χ0v) is 17.4. The molecular weight excluding hydrogens is 346 g/mol. The summed E-state index contributed by atoms with van der Waals surface area (Å²) in [6.07, 6.45) is 1.42. The number of hydrogen-bond donors (Lipinski definition) is 1. The first kappa shape index (κ1) is 23.0. The van der Waals surface area contributed by atoms with Gasteiger partial charge in [0.15, 0.2) is 0 Å². The summed E-state index contributed by atoms with van der Waals surface area (Å²) < 4.78 is 16.5. The van der Waals surface area contributed by atoms with Crippen molar-refractivity contribution in [2.24, 2.45) is 5.92 Å². The molecule has 1 N–H and O–H groups in total. The predicted molar refractivity (Wildman–Crippen MR) is 106 cm³/mol. The highest BCUT2D eigenvalue weighted by molar-refractivity contribution is 5.99. The molecule has 0 spiro atoms. The molecule has 0 heterocycles. The number of carbonyl (C=O) groups is 2. The van der Waals surface area contributed by atoms with Gasteiger partial charge in [-0.25, -0.2) is 4.79 Å². The first-order chi connectivity index (χ1) is 12.8. The maximum Gasteiger partial charge on any atom is 0.341 e. The molecule has 0 saturated carbocycles. The minimum absolute atomic E-state index is 0.239. The average molecular weight is 379 g/mol. The molecule has 6 heteroatoms. The Balaban J connectivity index is 3.08. The highest BCUT2D eigenvalue weighted by Gasteiger charge is 2.33. The lowest BCUT2D eigenvalue weighted by atomic mass is 9.99. The smallest absolute Gasteiger partial charge is 0.341 e. The number of carbonyl (C=O) groups excluding carboxylic acids is 2. The van der Waals surface area contributed by atoms with E-state index in [-0.39, 0.29) is 12.5 Å². The van der Waals surface area contributed by atoms with E-state index in [1.807, 2.05) is 27.7 Å². The van der Waals surface area contributed by atoms with Crippen LogP contribution in [0.2, 0.25) is 0 Å². The molecule has 0 unspecified atom stereocenters. The Morgan fingerprint density at radius 1 is 1.15 bits per heavy atom. The summed E-state index contributed by atoms with van der Waals surface area (Å²) in [4.78, 5) is 25.0. The van der Waals surface area contributed by atoms with Crippen molar-refractivity contribution in [1.29, 1.82) is 0 Å². The number of amides is 1. The molecule has 1 aromatic rings. The normalized spacial score (nSPS) is 13.1. The Hall–Kier alpha value is -2.08. The molecule has 0 aliphatic heterocycles. The van der Waals surface area contributed by atoms with Gasteiger partial charge < -0.3 is 19.5 Å². The van der Waals surface area contributed by atoms with Crippen LogP contribution in [0.25, 0.3) is 0 Å². The van der Waals surface area contributed by atoms with Crippen molar-refractivity contribution in [1.82, 2.24) is 0 Å². The summed E-state index contributed by atoms with van der Waals surface area (Å²) in [6, 6.07) is 4.99. The van der Waals surface area contributed by atoms with Crippen LogP contribution in [-0.4, -0.2) is 37.3 Å². The second kappa shape index (κ2) is 10.9. The monoisotopic (exact) mass is 379 g/mol. The second-order valence-corrected chi connectivity index (χ2v) is 7.00. The fourth-order valence-electron chi connectivity index (χ4n) is 2.67. The molecule has 0 aliphatic carbocycles. The minimum Gasteiger partial charge on any atom is -0.492 e. The van der Waals surface area contributed by atoms with Crippen LogP contribution in [0, 0.1) is 5.92 Å². The summed E-state index contributed by atoms with van der Waals surface area (Å²) >= 11 is 0. The first-order valence-electron chi connectivity index (χ1n) is 9.66. The Morgan fingerprint density at radius 2 is 1.85 bits per heavy atom. The molecule has 27 heavy (non-hydrogen) atoms. The number of nitrogens with one attached hydrogen (secondary N) is 1. The summed E-state index contributed by atoms with van der Waals surface area (Å²) in [5.74, 6) is 0.0481. The van der Waals surface area contributed by atoms with Gasteiger partial charge in [-0.3, -0.25) is 4.79 Å². The molecule has 0 bridgehead atoms. The van der Waals surface area contributed by atoms with Gasteiger partial charge in [0, 0.05) is 12.3 Å². The van der Waals surface area contributed by atoms with E-state index in [4.69, 9.17) is 14.2 Å². The largest absolute Gasteiger partial charge is 0.492 e. The molecular formula is C21H33NO5. The van der Waals surface area contributed by atoms with Crippen molar-refractivity contribution in [3.8, 4) is 5.75 Å². The zero-order chi connectivity index (χ0) is 20.4. The van der Waals surface area contributed by atoms with Gasteiger partial charge in [0.2, 0.25) is 0 Å². The lowest BCUT2D eigenvalue weighted by Gasteiger charge is -2.28. The molecule has 152 valence electrons. The molecule has 0 radical (unpaired) electrons. The van der Waals surface area contributed by atoms with Crippen LogP contribution in [0.4, 0.5) is 5.69 Å². The van der Waals surface area contributed by atoms with Gasteiger partial charge in [-0.1, -0.05) is 27.2 Å². The lowest BCUT2D eigenvalue weighted by molar-refractivity contribution is -0.139. The van der Waals surface area contributed by atoms with Gasteiger partial charge >= 0.3 is 5.97 Å². The number of esters is 1. The standard InChI is InChI=1S/C21H33NO5/c1-7-12-21(6,27-9-3)20(24)22-16-10-11-18(26-14-15(4)5)17(13-16)19(23)25-8-2/h10-11,13,15H,7-9,12,14H2,1-6H3,(H,22,24)/t21-/m1/s1. The lowest BCUT2D eigenvalue weighted by Crippen LogP contribution is -2.42. The molecule has 1 aromatic carbocycles. The van der Waals surface area contributed by atoms with Crippen molar-refractivity contribution >= 4 is 17.6 Å². The van der Waals surface area contributed by atoms with Gasteiger partial charge in [-0.2, -0.15) is 0 Å². The topological polar surface area (TPSA) is 73.9 Å². The summed E-state index contributed by atoms with van der Waals surface area (Å²) in [5.41, 5.74) is -0.119. The van der Waals surface area contributed by atoms with Crippen LogP contribution in [0.5, 0.6) is 5.75 Å². The van der Waals surface area contributed by atoms with Crippen LogP contribution in [-0.2, 0) is 14.3 Å². The Kier molecular flexibility index (Phi) is 9.29. The third kappa shape index (κ3) is 6.86. The molecule has 0 fully saturated rings. The number of benzene rings is 1. The van der Waals surface area contributed by atoms with Crippen LogP contribution >= 0.6 is 0 Å². The van der Waals surface area contributed by atoms with Gasteiger partial charge in [0.1, 0.15) is 16.9 Å². The molecule has 1 rings (SSSR count). The van der Waals surface area contributed by atoms with Crippen LogP contribution < -0.4 is 10.1 Å². The van der Waals surface area contributed by atoms with E-state index in [1.165, 1.54) is 0 Å². The molecule has 0 aliphatic rings. The summed E-state index contributed by atoms with van der Waals surface area (Å²) in [6.45, 7) is 12.6. The molecule has 0 aromatic heterocycles. The van der Waals surface area contributed by atoms with E-state index in [2.05, 4.69) is 5.32 Å². The van der Waals surface area contributed by atoms with Crippen molar-refractivity contribution in [2.75, 3.05) is 25.1 Å². The number of rotatable bonds is 11. The molecule has 6 nitrogen and oxygen atoms in total. The van der Waals surface area contributed by atoms with Crippen LogP contribution in [0.3, 0.4) is 0 Å². The van der Waals surface area contributed by atoms with E-state index in [0.29, 0.717) is 42.6 Å². The first-order valence-corrected chi connectivity index (χ1v) is 9.66. The van der Waals surface area contributed by atoms with E-state index < -0.39 is 11.6 Å². The fraction of sp³-hybridized carbons (Fsp3) is 0.619. The predicted octanol–water partition coefficient (Wildman–Crippen LogP) is 4.43. The van der Waals surface area contributed by atoms with Crippen LogP contribution in [0.1, 0.15) is 64.7 Å². The van der Waals surface area contributed by atoms with E-state index in [1.54, 1.807) is 32.0 Å². The van der Waals surface area contributed by atoms with Crippen molar-refractivity contribution in [3.05, 3.63) is 23.8 Å². The average Bonchev–Trinajstić information content (AvgIpc) is 2.61. The highest BCUT2D eigenvalue weighted by Crippen LogP contribution is 2.26. The highest BCUT2D eigenvalue weighted by atomic mass is 16.5. The quantitative estimate of drug-likeness (QED) is 0.576. The van der Waals surface area contributed by atoms with Crippen LogP contribution in [0.15, 0.2) is 18.2 Å². The van der Waals surface area contributed by atoms with Crippen molar-refractivity contribution < 1.29 is 23.8 Å². The van der Waals surface area contributed by atoms with E-state index in [0.717, 1.165) is 6.42 Å². The zero-order valence-electron chi connectivity index (χ0n) is 17.4. The van der Waals surface area contributed by atoms with Crippen molar-refractivity contribution in [2.45, 2.75) is 60.0 Å². The molecule has 1 amide bonds. The Morgan fingerprint density at radius 3 is 2.41 bits per heavy atom. The van der Waals surface area contributed by atoms with Gasteiger partial charge in [0.05, 0.1) is 13.2 Å². The third-order valence-corrected chi connectivity index (χ3v) is 3.98. The molecule has 0 saturated heterocycles. The Bertz CT molecular complexity index is 621. The SMILES string of the molecule is CCC[C@@](C)(OCC)C(=O)Nc1ccc(OCC(C)C)c(C(=O)OCC)c1. The third-order valence-electron chi connectivity index (χ3n) is 3.98. The number of hydrogen-bond acceptors (Lipinski definition) is 5. The van der Waals surface area contributed by atoms with E-state index >= 15 is 0 Å². The summed E-state index contributed by atoms with van der Waals surface area (Å²) in [7, 11) is 0. The maximum atomic E-state index is 12.7. The van der Waals surface area contributed by atoms with Gasteiger partial charge in [-0.05, 0) is 51.3 Å². The van der Waals surface area contributed by atoms with Gasteiger partial charge in [0.25, 0.3) is 5.91 Å². The summed E-state index contributed by atoms with van der Waals surface area (Å²) in [5, 5.41) is 2.85. The second-order valence-electron chi connectivity index (χ2n) is 7.00. The van der Waals surface area contributed by atoms with Crippen molar-refractivity contribution in [3.63, 3.8) is 0 Å². The Labute approximate surface area is 162 Å². The fourth-order valence-corrected chi connectivity index (χ4v) is 2.67. The maximum absolute atomic E-state index is 12.7. The van der Waals surface area contributed by atoms with E-state index in [9.17, 15) is 9.59 Å². The van der Waals surface area contributed by atoms with Gasteiger partial charge in [-0.15, -0.1) is 0 Å². The number of anilines is 1. The molecule has 1 atom stereocenters. The number of ether oxygens (including phenoxy) is 3.